The highest BCUT2D eigenvalue weighted by molar-refractivity contribution is 5.83. The average Bonchev–Trinajstić information content (AvgIpc) is 2.63. The average molecular weight is 210 g/mol. The summed E-state index contributed by atoms with van der Waals surface area (Å²) in [5.74, 6) is -0.0257. The summed E-state index contributed by atoms with van der Waals surface area (Å²) in [5.41, 5.74) is 1.01. The number of carbonyl (C=O) groups is 1. The standard InChI is InChI=1S/C12H18O3/c1-3-5-6-10-8-14-9-11(10)7-12(13)15-4-2/h5-7,10H,3-4,8-9H2,1-2H3/b6-5+,11-7+/t10-/m0/s1. The van der Waals surface area contributed by atoms with Crippen LogP contribution >= 0.6 is 0 Å². The summed E-state index contributed by atoms with van der Waals surface area (Å²) in [5, 5.41) is 0. The van der Waals surface area contributed by atoms with E-state index in [1.54, 1.807) is 13.0 Å². The van der Waals surface area contributed by atoms with Crippen LogP contribution in [-0.2, 0) is 14.3 Å². The number of allylic oxidation sites excluding steroid dienone is 1. The van der Waals surface area contributed by atoms with Crippen LogP contribution in [0.2, 0.25) is 0 Å². The van der Waals surface area contributed by atoms with E-state index in [-0.39, 0.29) is 11.9 Å². The molecule has 0 bridgehead atoms. The van der Waals surface area contributed by atoms with E-state index in [2.05, 4.69) is 19.1 Å². The van der Waals surface area contributed by atoms with E-state index in [4.69, 9.17) is 9.47 Å². The van der Waals surface area contributed by atoms with Crippen molar-refractivity contribution in [3.8, 4) is 0 Å². The molecule has 0 amide bonds. The van der Waals surface area contributed by atoms with Gasteiger partial charge in [0, 0.05) is 12.0 Å². The maximum atomic E-state index is 11.2. The molecule has 0 aliphatic carbocycles. The largest absolute Gasteiger partial charge is 0.463 e. The van der Waals surface area contributed by atoms with E-state index in [1.807, 2.05) is 0 Å². The van der Waals surface area contributed by atoms with E-state index in [0.717, 1.165) is 12.0 Å². The summed E-state index contributed by atoms with van der Waals surface area (Å²) in [6.45, 7) is 5.51. The van der Waals surface area contributed by atoms with Gasteiger partial charge in [-0.05, 0) is 18.9 Å². The monoisotopic (exact) mass is 210 g/mol. The Morgan fingerprint density at radius 2 is 2.40 bits per heavy atom. The molecule has 1 saturated heterocycles. The first-order valence-electron chi connectivity index (χ1n) is 5.39. The molecule has 1 heterocycles. The van der Waals surface area contributed by atoms with E-state index in [1.165, 1.54) is 0 Å². The van der Waals surface area contributed by atoms with Gasteiger partial charge in [0.2, 0.25) is 0 Å². The number of hydrogen-bond donors (Lipinski definition) is 0. The Labute approximate surface area is 90.8 Å². The van der Waals surface area contributed by atoms with Gasteiger partial charge in [-0.25, -0.2) is 4.79 Å². The molecule has 1 atom stereocenters. The Morgan fingerprint density at radius 1 is 1.60 bits per heavy atom. The Kier molecular flexibility index (Phi) is 5.12. The predicted molar refractivity (Wildman–Crippen MR) is 58.5 cm³/mol. The maximum absolute atomic E-state index is 11.2. The summed E-state index contributed by atoms with van der Waals surface area (Å²) in [4.78, 5) is 11.2. The van der Waals surface area contributed by atoms with Gasteiger partial charge in [0.25, 0.3) is 0 Å². The van der Waals surface area contributed by atoms with E-state index < -0.39 is 0 Å². The van der Waals surface area contributed by atoms with Gasteiger partial charge >= 0.3 is 5.97 Å². The Hall–Kier alpha value is -1.09. The first-order chi connectivity index (χ1) is 7.27. The molecule has 3 nitrogen and oxygen atoms in total. The van der Waals surface area contributed by atoms with Gasteiger partial charge in [-0.15, -0.1) is 0 Å². The molecule has 0 spiro atoms. The Morgan fingerprint density at radius 3 is 3.07 bits per heavy atom. The summed E-state index contributed by atoms with van der Waals surface area (Å²) >= 11 is 0. The Bertz CT molecular complexity index is 266. The fraction of sp³-hybridized carbons (Fsp3) is 0.583. The molecule has 1 fully saturated rings. The summed E-state index contributed by atoms with van der Waals surface area (Å²) in [6, 6.07) is 0. The lowest BCUT2D eigenvalue weighted by atomic mass is 10.0. The van der Waals surface area contributed by atoms with Gasteiger partial charge in [0.05, 0.1) is 19.8 Å². The van der Waals surface area contributed by atoms with Crippen molar-refractivity contribution >= 4 is 5.97 Å². The van der Waals surface area contributed by atoms with Gasteiger partial charge in [-0.2, -0.15) is 0 Å². The van der Waals surface area contributed by atoms with E-state index >= 15 is 0 Å². The third-order valence-electron chi connectivity index (χ3n) is 2.24. The minimum absolute atomic E-state index is 0.245. The van der Waals surface area contributed by atoms with Crippen LogP contribution in [0.3, 0.4) is 0 Å². The van der Waals surface area contributed by atoms with E-state index in [0.29, 0.717) is 19.8 Å². The van der Waals surface area contributed by atoms with Gasteiger partial charge in [0.1, 0.15) is 0 Å². The smallest absolute Gasteiger partial charge is 0.330 e. The first-order valence-corrected chi connectivity index (χ1v) is 5.39. The van der Waals surface area contributed by atoms with Crippen molar-refractivity contribution in [3.63, 3.8) is 0 Å². The third kappa shape index (κ3) is 3.88. The molecule has 0 unspecified atom stereocenters. The van der Waals surface area contributed by atoms with Crippen LogP contribution in [0, 0.1) is 5.92 Å². The zero-order valence-corrected chi connectivity index (χ0v) is 9.36. The minimum Gasteiger partial charge on any atom is -0.463 e. The lowest BCUT2D eigenvalue weighted by Crippen LogP contribution is -2.05. The number of ether oxygens (including phenoxy) is 2. The summed E-state index contributed by atoms with van der Waals surface area (Å²) in [6.07, 6.45) is 6.75. The van der Waals surface area contributed by atoms with Crippen LogP contribution in [0.4, 0.5) is 0 Å². The molecule has 15 heavy (non-hydrogen) atoms. The summed E-state index contributed by atoms with van der Waals surface area (Å²) in [7, 11) is 0. The second-order valence-corrected chi connectivity index (χ2v) is 3.43. The van der Waals surface area contributed by atoms with Gasteiger partial charge in [-0.1, -0.05) is 19.1 Å². The number of carbonyl (C=O) groups excluding carboxylic acids is 1. The second kappa shape index (κ2) is 6.40. The molecule has 0 aromatic carbocycles. The molecule has 1 aliphatic heterocycles. The maximum Gasteiger partial charge on any atom is 0.330 e. The predicted octanol–water partition coefficient (Wildman–Crippen LogP) is 2.09. The highest BCUT2D eigenvalue weighted by Crippen LogP contribution is 2.21. The van der Waals surface area contributed by atoms with Crippen molar-refractivity contribution in [2.45, 2.75) is 20.3 Å². The Balaban J connectivity index is 2.59. The highest BCUT2D eigenvalue weighted by Gasteiger charge is 2.20. The van der Waals surface area contributed by atoms with Gasteiger partial charge in [0.15, 0.2) is 0 Å². The van der Waals surface area contributed by atoms with Crippen molar-refractivity contribution in [1.29, 1.82) is 0 Å². The number of hydrogen-bond acceptors (Lipinski definition) is 3. The topological polar surface area (TPSA) is 35.5 Å². The van der Waals surface area contributed by atoms with Crippen molar-refractivity contribution in [1.82, 2.24) is 0 Å². The number of rotatable bonds is 4. The normalized spacial score (nSPS) is 23.9. The van der Waals surface area contributed by atoms with Crippen molar-refractivity contribution in [2.75, 3.05) is 19.8 Å². The molecule has 3 heteroatoms. The van der Waals surface area contributed by atoms with Crippen molar-refractivity contribution < 1.29 is 14.3 Å². The molecule has 1 aliphatic rings. The molecule has 1 rings (SSSR count). The lowest BCUT2D eigenvalue weighted by Gasteiger charge is -2.03. The van der Waals surface area contributed by atoms with Crippen LogP contribution in [-0.4, -0.2) is 25.8 Å². The van der Waals surface area contributed by atoms with Crippen LogP contribution in [0.5, 0.6) is 0 Å². The minimum atomic E-state index is -0.270. The molecule has 0 N–H and O–H groups in total. The van der Waals surface area contributed by atoms with Crippen molar-refractivity contribution in [2.24, 2.45) is 5.92 Å². The second-order valence-electron chi connectivity index (χ2n) is 3.43. The molecular weight excluding hydrogens is 192 g/mol. The quantitative estimate of drug-likeness (QED) is 0.405. The zero-order chi connectivity index (χ0) is 11.1. The van der Waals surface area contributed by atoms with Gasteiger partial charge < -0.3 is 9.47 Å². The third-order valence-corrected chi connectivity index (χ3v) is 2.24. The van der Waals surface area contributed by atoms with Crippen LogP contribution in [0.15, 0.2) is 23.8 Å². The first kappa shape index (κ1) is 12.0. The van der Waals surface area contributed by atoms with Crippen molar-refractivity contribution in [3.05, 3.63) is 23.8 Å². The molecule has 0 aromatic heterocycles. The fourth-order valence-corrected chi connectivity index (χ4v) is 1.48. The fourth-order valence-electron chi connectivity index (χ4n) is 1.48. The lowest BCUT2D eigenvalue weighted by molar-refractivity contribution is -0.137. The highest BCUT2D eigenvalue weighted by atomic mass is 16.5. The van der Waals surface area contributed by atoms with Crippen LogP contribution in [0.25, 0.3) is 0 Å². The summed E-state index contributed by atoms with van der Waals surface area (Å²) < 4.78 is 10.2. The van der Waals surface area contributed by atoms with E-state index in [9.17, 15) is 4.79 Å². The molecule has 0 aromatic rings. The molecular formula is C12H18O3. The van der Waals surface area contributed by atoms with Crippen LogP contribution < -0.4 is 0 Å². The molecule has 84 valence electrons. The molecule has 0 radical (unpaired) electrons. The zero-order valence-electron chi connectivity index (χ0n) is 9.36. The SMILES string of the molecule is CC/C=C/[C@H]1COC/C1=C\C(=O)OCC. The number of esters is 1. The molecule has 0 saturated carbocycles. The van der Waals surface area contributed by atoms with Crippen LogP contribution in [0.1, 0.15) is 20.3 Å². The van der Waals surface area contributed by atoms with Gasteiger partial charge in [-0.3, -0.25) is 0 Å².